The van der Waals surface area contributed by atoms with Crippen molar-refractivity contribution in [2.24, 2.45) is 0 Å². The van der Waals surface area contributed by atoms with Crippen LogP contribution in [0.4, 0.5) is 17.1 Å². The Morgan fingerprint density at radius 1 is 1.07 bits per heavy atom. The van der Waals surface area contributed by atoms with Crippen molar-refractivity contribution < 1.29 is 13.3 Å². The number of aryl methyl sites for hydroxylation is 1. The molecule has 2 aromatic rings. The van der Waals surface area contributed by atoms with E-state index in [1.807, 2.05) is 18.7 Å². The Morgan fingerprint density at radius 2 is 1.71 bits per heavy atom. The molecule has 2 aromatic carbocycles. The van der Waals surface area contributed by atoms with E-state index in [4.69, 9.17) is 0 Å². The smallest absolute Gasteiger partial charge is 0.292 e. The van der Waals surface area contributed by atoms with Crippen molar-refractivity contribution in [3.05, 3.63) is 58.1 Å². The fourth-order valence-electron chi connectivity index (χ4n) is 3.26. The highest BCUT2D eigenvalue weighted by Gasteiger charge is 2.29. The van der Waals surface area contributed by atoms with Crippen LogP contribution in [0.15, 0.2) is 47.4 Å². The van der Waals surface area contributed by atoms with E-state index in [-0.39, 0.29) is 5.69 Å². The molecule has 1 N–H and O–H groups in total. The molecule has 0 atom stereocenters. The van der Waals surface area contributed by atoms with Crippen LogP contribution in [-0.2, 0) is 10.0 Å². The Balaban J connectivity index is 1.74. The van der Waals surface area contributed by atoms with E-state index in [1.54, 1.807) is 36.4 Å². The minimum Gasteiger partial charge on any atom is -0.380 e. The van der Waals surface area contributed by atoms with E-state index in [2.05, 4.69) is 5.32 Å². The van der Waals surface area contributed by atoms with Gasteiger partial charge in [-0.3, -0.25) is 10.1 Å². The van der Waals surface area contributed by atoms with Gasteiger partial charge in [-0.15, -0.1) is 0 Å². The molecule has 1 aliphatic heterocycles. The van der Waals surface area contributed by atoms with Crippen molar-refractivity contribution in [1.82, 2.24) is 4.31 Å². The van der Waals surface area contributed by atoms with Gasteiger partial charge in [0.15, 0.2) is 0 Å². The molecular formula is C19H24N4O4S. The van der Waals surface area contributed by atoms with Crippen molar-refractivity contribution in [2.75, 3.05) is 42.9 Å². The molecule has 1 aliphatic rings. The number of hydrogen-bond donors (Lipinski definition) is 1. The third-order valence-corrected chi connectivity index (χ3v) is 6.72. The first-order chi connectivity index (χ1) is 13.3. The first-order valence-corrected chi connectivity index (χ1v) is 10.6. The fraction of sp³-hybridized carbons (Fsp3) is 0.368. The van der Waals surface area contributed by atoms with Gasteiger partial charge in [-0.05, 0) is 38.1 Å². The first-order valence-electron chi connectivity index (χ1n) is 9.17. The van der Waals surface area contributed by atoms with Crippen LogP contribution in [0.1, 0.15) is 12.5 Å². The molecule has 150 valence electrons. The summed E-state index contributed by atoms with van der Waals surface area (Å²) >= 11 is 0. The number of sulfonamides is 1. The second-order valence-electron chi connectivity index (χ2n) is 6.69. The highest BCUT2D eigenvalue weighted by molar-refractivity contribution is 7.89. The number of benzene rings is 2. The van der Waals surface area contributed by atoms with Crippen molar-refractivity contribution in [3.8, 4) is 0 Å². The number of rotatable bonds is 6. The maximum atomic E-state index is 12.8. The molecule has 28 heavy (non-hydrogen) atoms. The normalized spacial score (nSPS) is 15.4. The van der Waals surface area contributed by atoms with E-state index < -0.39 is 14.9 Å². The highest BCUT2D eigenvalue weighted by atomic mass is 32.2. The third-order valence-electron chi connectivity index (χ3n) is 4.81. The molecule has 1 saturated heterocycles. The summed E-state index contributed by atoms with van der Waals surface area (Å²) in [4.78, 5) is 13.1. The molecule has 0 amide bonds. The van der Waals surface area contributed by atoms with E-state index >= 15 is 0 Å². The second-order valence-corrected chi connectivity index (χ2v) is 8.63. The van der Waals surface area contributed by atoms with Gasteiger partial charge in [0, 0.05) is 44.5 Å². The Kier molecular flexibility index (Phi) is 5.85. The summed E-state index contributed by atoms with van der Waals surface area (Å²) < 4.78 is 27.1. The molecule has 0 radical (unpaired) electrons. The number of nitrogens with zero attached hydrogens (tertiary/aromatic N) is 3. The van der Waals surface area contributed by atoms with E-state index in [9.17, 15) is 18.5 Å². The molecule has 1 fully saturated rings. The highest BCUT2D eigenvalue weighted by Crippen LogP contribution is 2.30. The third kappa shape index (κ3) is 4.10. The minimum atomic E-state index is -3.51. The lowest BCUT2D eigenvalue weighted by molar-refractivity contribution is -0.383. The Labute approximate surface area is 165 Å². The molecule has 1 heterocycles. The van der Waals surface area contributed by atoms with Gasteiger partial charge in [0.05, 0.1) is 9.82 Å². The standard InChI is InChI=1S/C19H24N4O4S/c1-3-20-18-14-16(6-9-19(18)23(24)25)21-10-12-22(13-11-21)28(26,27)17-7-4-15(2)5-8-17/h4-9,14,20H,3,10-13H2,1-2H3. The average Bonchev–Trinajstić information content (AvgIpc) is 2.68. The Hall–Kier alpha value is -2.65. The van der Waals surface area contributed by atoms with Gasteiger partial charge >= 0.3 is 0 Å². The predicted octanol–water partition coefficient (Wildman–Crippen LogP) is 2.85. The predicted molar refractivity (Wildman–Crippen MR) is 109 cm³/mol. The summed E-state index contributed by atoms with van der Waals surface area (Å²) in [5, 5.41) is 14.2. The van der Waals surface area contributed by atoms with Gasteiger partial charge < -0.3 is 10.2 Å². The summed E-state index contributed by atoms with van der Waals surface area (Å²) in [6, 6.07) is 11.8. The number of nitrogens with one attached hydrogen (secondary N) is 1. The summed E-state index contributed by atoms with van der Waals surface area (Å²) in [6.45, 7) is 6.15. The molecule has 0 aliphatic carbocycles. The average molecular weight is 404 g/mol. The Bertz CT molecular complexity index is 952. The van der Waals surface area contributed by atoms with Crippen LogP contribution in [0.2, 0.25) is 0 Å². The molecule has 0 spiro atoms. The van der Waals surface area contributed by atoms with Gasteiger partial charge in [0.2, 0.25) is 10.0 Å². The molecule has 8 nitrogen and oxygen atoms in total. The zero-order valence-electron chi connectivity index (χ0n) is 16.0. The van der Waals surface area contributed by atoms with E-state index in [1.165, 1.54) is 10.4 Å². The fourth-order valence-corrected chi connectivity index (χ4v) is 4.68. The van der Waals surface area contributed by atoms with E-state index in [0.29, 0.717) is 43.3 Å². The topological polar surface area (TPSA) is 95.8 Å². The first kappa shape index (κ1) is 20.1. The van der Waals surface area contributed by atoms with Crippen molar-refractivity contribution in [1.29, 1.82) is 0 Å². The largest absolute Gasteiger partial charge is 0.380 e. The number of nitro groups is 1. The van der Waals surface area contributed by atoms with Crippen molar-refractivity contribution in [3.63, 3.8) is 0 Å². The number of piperazine rings is 1. The Morgan fingerprint density at radius 3 is 2.29 bits per heavy atom. The SMILES string of the molecule is CCNc1cc(N2CCN(S(=O)(=O)c3ccc(C)cc3)CC2)ccc1[N+](=O)[O-]. The van der Waals surface area contributed by atoms with Crippen LogP contribution >= 0.6 is 0 Å². The molecular weight excluding hydrogens is 380 g/mol. The van der Waals surface area contributed by atoms with Crippen molar-refractivity contribution >= 4 is 27.1 Å². The summed E-state index contributed by atoms with van der Waals surface area (Å²) in [5.41, 5.74) is 2.36. The number of nitro benzene ring substituents is 1. The van der Waals surface area contributed by atoms with Crippen LogP contribution < -0.4 is 10.2 Å². The zero-order valence-corrected chi connectivity index (χ0v) is 16.8. The lowest BCUT2D eigenvalue weighted by Gasteiger charge is -2.35. The quantitative estimate of drug-likeness (QED) is 0.588. The summed E-state index contributed by atoms with van der Waals surface area (Å²) in [6.07, 6.45) is 0. The lowest BCUT2D eigenvalue weighted by atomic mass is 10.2. The minimum absolute atomic E-state index is 0.0335. The monoisotopic (exact) mass is 404 g/mol. The molecule has 0 saturated carbocycles. The number of anilines is 2. The van der Waals surface area contributed by atoms with Gasteiger partial charge in [-0.25, -0.2) is 8.42 Å². The van der Waals surface area contributed by atoms with Crippen LogP contribution in [0.3, 0.4) is 0 Å². The molecule has 0 bridgehead atoms. The van der Waals surface area contributed by atoms with Crippen LogP contribution in [0.5, 0.6) is 0 Å². The van der Waals surface area contributed by atoms with Crippen molar-refractivity contribution in [2.45, 2.75) is 18.7 Å². The second kappa shape index (κ2) is 8.15. The maximum Gasteiger partial charge on any atom is 0.292 e. The van der Waals surface area contributed by atoms with E-state index in [0.717, 1.165) is 11.3 Å². The summed E-state index contributed by atoms with van der Waals surface area (Å²) in [5.74, 6) is 0. The van der Waals surface area contributed by atoms with Gasteiger partial charge in [0.25, 0.3) is 5.69 Å². The maximum absolute atomic E-state index is 12.8. The molecule has 0 unspecified atom stereocenters. The zero-order chi connectivity index (χ0) is 20.3. The molecule has 3 rings (SSSR count). The number of hydrogen-bond acceptors (Lipinski definition) is 6. The van der Waals surface area contributed by atoms with Crippen LogP contribution in [0.25, 0.3) is 0 Å². The van der Waals surface area contributed by atoms with Gasteiger partial charge in [-0.1, -0.05) is 17.7 Å². The van der Waals surface area contributed by atoms with Crippen LogP contribution in [0, 0.1) is 17.0 Å². The van der Waals surface area contributed by atoms with Gasteiger partial charge in [0.1, 0.15) is 5.69 Å². The summed E-state index contributed by atoms with van der Waals surface area (Å²) in [7, 11) is -3.51. The lowest BCUT2D eigenvalue weighted by Crippen LogP contribution is -2.48. The van der Waals surface area contributed by atoms with Gasteiger partial charge in [-0.2, -0.15) is 4.31 Å². The molecule has 9 heteroatoms. The van der Waals surface area contributed by atoms with Crippen LogP contribution in [-0.4, -0.2) is 50.4 Å². The molecule has 0 aromatic heterocycles.